The van der Waals surface area contributed by atoms with Gasteiger partial charge in [0.15, 0.2) is 11.6 Å². The van der Waals surface area contributed by atoms with Crippen LogP contribution in [0.25, 0.3) is 0 Å². The molecule has 6 nitrogen and oxygen atoms in total. The zero-order valence-corrected chi connectivity index (χ0v) is 18.3. The average molecular weight is 409 g/mol. The number of ether oxygens (including phenoxy) is 6. The van der Waals surface area contributed by atoms with Crippen molar-refractivity contribution in [1.82, 2.24) is 0 Å². The van der Waals surface area contributed by atoms with E-state index in [1.807, 2.05) is 19.9 Å². The van der Waals surface area contributed by atoms with Gasteiger partial charge in [0.25, 0.3) is 0 Å². The zero-order valence-electron chi connectivity index (χ0n) is 18.3. The van der Waals surface area contributed by atoms with E-state index in [1.165, 1.54) is 0 Å². The molecule has 0 N–H and O–H groups in total. The van der Waals surface area contributed by atoms with Crippen molar-refractivity contribution in [2.75, 3.05) is 13.7 Å². The molecule has 4 aliphatic rings. The topological polar surface area (TPSA) is 58.7 Å². The van der Waals surface area contributed by atoms with Crippen LogP contribution in [0.15, 0.2) is 24.8 Å². The fourth-order valence-corrected chi connectivity index (χ4v) is 4.78. The number of epoxide rings is 1. The van der Waals surface area contributed by atoms with E-state index in [0.29, 0.717) is 12.0 Å². The summed E-state index contributed by atoms with van der Waals surface area (Å²) in [5, 5.41) is 0. The van der Waals surface area contributed by atoms with E-state index >= 15 is 0 Å². The summed E-state index contributed by atoms with van der Waals surface area (Å²) in [7, 11) is 1.73. The van der Waals surface area contributed by atoms with Crippen LogP contribution < -0.4 is 0 Å². The lowest BCUT2D eigenvalue weighted by molar-refractivity contribution is -0.316. The summed E-state index contributed by atoms with van der Waals surface area (Å²) in [6.45, 7) is 13.0. The lowest BCUT2D eigenvalue weighted by Gasteiger charge is -2.48. The monoisotopic (exact) mass is 408 g/mol. The van der Waals surface area contributed by atoms with E-state index < -0.39 is 11.6 Å². The van der Waals surface area contributed by atoms with Gasteiger partial charge in [0, 0.05) is 31.8 Å². The van der Waals surface area contributed by atoms with Crippen LogP contribution in [0.5, 0.6) is 0 Å². The van der Waals surface area contributed by atoms with Gasteiger partial charge in [0.1, 0.15) is 12.2 Å². The molecule has 3 saturated heterocycles. The fourth-order valence-electron chi connectivity index (χ4n) is 4.78. The first kappa shape index (κ1) is 21.5. The maximum absolute atomic E-state index is 6.69. The third kappa shape index (κ3) is 4.48. The average Bonchev–Trinajstić information content (AvgIpc) is 3.45. The first-order chi connectivity index (χ1) is 13.8. The van der Waals surface area contributed by atoms with Crippen LogP contribution in [-0.4, -0.2) is 61.9 Å². The predicted octanol–water partition coefficient (Wildman–Crippen LogP) is 3.60. The summed E-state index contributed by atoms with van der Waals surface area (Å²) in [5.41, 5.74) is 0. The van der Waals surface area contributed by atoms with Gasteiger partial charge in [-0.1, -0.05) is 26.0 Å². The van der Waals surface area contributed by atoms with Gasteiger partial charge in [-0.25, -0.2) is 0 Å². The Morgan fingerprint density at radius 2 is 1.97 bits per heavy atom. The molecule has 6 heteroatoms. The van der Waals surface area contributed by atoms with E-state index in [9.17, 15) is 0 Å². The van der Waals surface area contributed by atoms with Gasteiger partial charge in [0.05, 0.1) is 31.0 Å². The Balaban J connectivity index is 1.56. The van der Waals surface area contributed by atoms with Crippen LogP contribution in [0.2, 0.25) is 0 Å². The third-order valence-corrected chi connectivity index (χ3v) is 6.65. The van der Waals surface area contributed by atoms with Crippen molar-refractivity contribution in [1.29, 1.82) is 0 Å². The molecule has 0 aromatic rings. The summed E-state index contributed by atoms with van der Waals surface area (Å²) < 4.78 is 37.1. The molecule has 0 saturated carbocycles. The second kappa shape index (κ2) is 8.06. The number of rotatable bonds is 6. The Labute approximate surface area is 174 Å². The Morgan fingerprint density at radius 1 is 1.21 bits per heavy atom. The Kier molecular flexibility index (Phi) is 5.97. The standard InChI is InChI=1S/C23H36O6/c1-7-14(2)19-21(28-22(4,5)27-19)20-17(24-6)9-11-23(29-20)10-8-15(3)18(26-23)12-16-13-25-16/h7-8,10,14-21H,1,9,11-13H2,2-6H3/t14?,15-,16+,17-,18+,19-,20-,21-,23-/m0/s1. The molecule has 4 heterocycles. The summed E-state index contributed by atoms with van der Waals surface area (Å²) in [6.07, 6.45) is 8.35. The minimum absolute atomic E-state index is 0.0794. The van der Waals surface area contributed by atoms with Gasteiger partial charge in [-0.3, -0.25) is 0 Å². The molecule has 0 radical (unpaired) electrons. The highest BCUT2D eigenvalue weighted by Crippen LogP contribution is 2.44. The first-order valence-corrected chi connectivity index (χ1v) is 10.9. The summed E-state index contributed by atoms with van der Waals surface area (Å²) >= 11 is 0. The maximum atomic E-state index is 6.69. The Morgan fingerprint density at radius 3 is 2.62 bits per heavy atom. The summed E-state index contributed by atoms with van der Waals surface area (Å²) in [4.78, 5) is 0. The van der Waals surface area contributed by atoms with Gasteiger partial charge in [-0.15, -0.1) is 6.58 Å². The zero-order chi connectivity index (χ0) is 20.8. The molecular formula is C23H36O6. The molecule has 0 aromatic heterocycles. The lowest BCUT2D eigenvalue weighted by atomic mass is 9.87. The van der Waals surface area contributed by atoms with E-state index in [-0.39, 0.29) is 36.4 Å². The molecular weight excluding hydrogens is 372 g/mol. The predicted molar refractivity (Wildman–Crippen MR) is 108 cm³/mol. The molecule has 4 rings (SSSR count). The maximum Gasteiger partial charge on any atom is 0.188 e. The molecule has 29 heavy (non-hydrogen) atoms. The number of methoxy groups -OCH3 is 1. The van der Waals surface area contributed by atoms with Crippen molar-refractivity contribution in [2.45, 2.75) is 95.2 Å². The van der Waals surface area contributed by atoms with Gasteiger partial charge in [-0.2, -0.15) is 0 Å². The quantitative estimate of drug-likeness (QED) is 0.494. The molecule has 9 atom stereocenters. The first-order valence-electron chi connectivity index (χ1n) is 10.9. The van der Waals surface area contributed by atoms with Gasteiger partial charge in [-0.05, 0) is 26.3 Å². The normalized spacial score (nSPS) is 47.3. The summed E-state index contributed by atoms with van der Waals surface area (Å²) in [5.74, 6) is -0.958. The van der Waals surface area contributed by atoms with Crippen LogP contribution >= 0.6 is 0 Å². The smallest absolute Gasteiger partial charge is 0.188 e. The SMILES string of the molecule is C=CC(C)[C@@H]1OC(C)(C)O[C@@H]1[C@H]1O[C@@]2(C=C[C@H](C)[C@@H](C[C@@H]3CO3)O2)CC[C@@H]1OC. The highest BCUT2D eigenvalue weighted by Gasteiger charge is 2.54. The van der Waals surface area contributed by atoms with Crippen molar-refractivity contribution >= 4 is 0 Å². The molecule has 1 spiro atoms. The Hall–Kier alpha value is -0.760. The Bertz CT molecular complexity index is 629. The fraction of sp³-hybridized carbons (Fsp3) is 0.826. The van der Waals surface area contributed by atoms with Crippen LogP contribution in [-0.2, 0) is 28.4 Å². The molecule has 0 aromatic carbocycles. The highest BCUT2D eigenvalue weighted by atomic mass is 16.8. The van der Waals surface area contributed by atoms with Crippen molar-refractivity contribution < 1.29 is 28.4 Å². The minimum Gasteiger partial charge on any atom is -0.379 e. The second-order valence-corrected chi connectivity index (χ2v) is 9.43. The van der Waals surface area contributed by atoms with Gasteiger partial charge in [0.2, 0.25) is 0 Å². The van der Waals surface area contributed by atoms with Crippen molar-refractivity contribution in [3.63, 3.8) is 0 Å². The molecule has 164 valence electrons. The lowest BCUT2D eigenvalue weighted by Crippen LogP contribution is -2.58. The van der Waals surface area contributed by atoms with E-state index in [1.54, 1.807) is 7.11 Å². The van der Waals surface area contributed by atoms with Crippen LogP contribution in [0.3, 0.4) is 0 Å². The second-order valence-electron chi connectivity index (χ2n) is 9.43. The molecule has 4 aliphatic heterocycles. The van der Waals surface area contributed by atoms with E-state index in [2.05, 4.69) is 32.6 Å². The number of hydrogen-bond acceptors (Lipinski definition) is 6. The van der Waals surface area contributed by atoms with Crippen LogP contribution in [0.4, 0.5) is 0 Å². The molecule has 0 aliphatic carbocycles. The minimum atomic E-state index is -0.746. The van der Waals surface area contributed by atoms with Crippen molar-refractivity contribution in [2.24, 2.45) is 11.8 Å². The van der Waals surface area contributed by atoms with E-state index in [4.69, 9.17) is 28.4 Å². The largest absolute Gasteiger partial charge is 0.379 e. The van der Waals surface area contributed by atoms with Crippen molar-refractivity contribution in [3.05, 3.63) is 24.8 Å². The van der Waals surface area contributed by atoms with Gasteiger partial charge < -0.3 is 28.4 Å². The third-order valence-electron chi connectivity index (χ3n) is 6.65. The molecule has 0 bridgehead atoms. The van der Waals surface area contributed by atoms with E-state index in [0.717, 1.165) is 25.9 Å². The van der Waals surface area contributed by atoms with Crippen LogP contribution in [0.1, 0.15) is 47.0 Å². The summed E-state index contributed by atoms with van der Waals surface area (Å²) in [6, 6.07) is 0. The number of hydrogen-bond donors (Lipinski definition) is 0. The van der Waals surface area contributed by atoms with Gasteiger partial charge >= 0.3 is 0 Å². The molecule has 3 fully saturated rings. The van der Waals surface area contributed by atoms with Crippen LogP contribution in [0, 0.1) is 11.8 Å². The molecule has 0 amide bonds. The van der Waals surface area contributed by atoms with Crippen molar-refractivity contribution in [3.8, 4) is 0 Å². The molecule has 1 unspecified atom stereocenters. The highest BCUT2D eigenvalue weighted by molar-refractivity contribution is 5.10.